The van der Waals surface area contributed by atoms with E-state index in [2.05, 4.69) is 70.6 Å². The first-order valence-electron chi connectivity index (χ1n) is 11.1. The van der Waals surface area contributed by atoms with E-state index in [1.54, 1.807) is 6.08 Å². The smallest absolute Gasteiger partial charge is 0.244 e. The van der Waals surface area contributed by atoms with Crippen molar-refractivity contribution in [3.63, 3.8) is 0 Å². The quantitative estimate of drug-likeness (QED) is 0.640. The van der Waals surface area contributed by atoms with Crippen LogP contribution in [0.5, 0.6) is 0 Å². The number of hydrogen-bond donors (Lipinski definition) is 1. The SMILES string of the molecule is CCN1CCN(Cc2ccc(CNC(=O)/C=C(/C)CCc3ccccc3)cc2)CC1. The normalized spacial score (nSPS) is 15.9. The van der Waals surface area contributed by atoms with Gasteiger partial charge in [-0.25, -0.2) is 0 Å². The number of hydrogen-bond acceptors (Lipinski definition) is 3. The number of allylic oxidation sites excluding steroid dienone is 1. The van der Waals surface area contributed by atoms with E-state index in [4.69, 9.17) is 0 Å². The van der Waals surface area contributed by atoms with E-state index in [1.807, 2.05) is 13.0 Å². The number of rotatable bonds is 9. The van der Waals surface area contributed by atoms with Crippen LogP contribution >= 0.6 is 0 Å². The van der Waals surface area contributed by atoms with Gasteiger partial charge < -0.3 is 10.2 Å². The van der Waals surface area contributed by atoms with Gasteiger partial charge >= 0.3 is 0 Å². The van der Waals surface area contributed by atoms with Gasteiger partial charge in [0.15, 0.2) is 0 Å². The van der Waals surface area contributed by atoms with E-state index in [9.17, 15) is 4.79 Å². The van der Waals surface area contributed by atoms with Crippen molar-refractivity contribution in [1.82, 2.24) is 15.1 Å². The van der Waals surface area contributed by atoms with Gasteiger partial charge in [0, 0.05) is 45.3 Å². The molecule has 0 aliphatic carbocycles. The Kier molecular flexibility index (Phi) is 8.66. The summed E-state index contributed by atoms with van der Waals surface area (Å²) in [7, 11) is 0. The monoisotopic (exact) mass is 405 g/mol. The predicted molar refractivity (Wildman–Crippen MR) is 124 cm³/mol. The van der Waals surface area contributed by atoms with Crippen LogP contribution < -0.4 is 5.32 Å². The molecule has 1 saturated heterocycles. The Balaban J connectivity index is 1.39. The van der Waals surface area contributed by atoms with Gasteiger partial charge in [0.25, 0.3) is 0 Å². The number of nitrogens with one attached hydrogen (secondary N) is 1. The summed E-state index contributed by atoms with van der Waals surface area (Å²) in [5.41, 5.74) is 4.89. The molecule has 0 radical (unpaired) electrons. The molecule has 3 rings (SSSR count). The molecule has 0 atom stereocenters. The van der Waals surface area contributed by atoms with E-state index in [0.717, 1.165) is 50.2 Å². The van der Waals surface area contributed by atoms with E-state index in [0.29, 0.717) is 6.54 Å². The first-order valence-corrected chi connectivity index (χ1v) is 11.1. The Bertz CT molecular complexity index is 806. The van der Waals surface area contributed by atoms with Crippen LogP contribution in [-0.4, -0.2) is 48.4 Å². The highest BCUT2D eigenvalue weighted by Crippen LogP contribution is 2.11. The van der Waals surface area contributed by atoms with E-state index < -0.39 is 0 Å². The lowest BCUT2D eigenvalue weighted by Gasteiger charge is -2.34. The van der Waals surface area contributed by atoms with Crippen LogP contribution in [-0.2, 0) is 24.3 Å². The first-order chi connectivity index (χ1) is 14.6. The fraction of sp³-hybridized carbons (Fsp3) is 0.423. The van der Waals surface area contributed by atoms with Gasteiger partial charge in [-0.05, 0) is 43.0 Å². The fourth-order valence-electron chi connectivity index (χ4n) is 3.81. The third kappa shape index (κ3) is 7.43. The van der Waals surface area contributed by atoms with Crippen molar-refractivity contribution < 1.29 is 4.79 Å². The Morgan fingerprint density at radius 1 is 0.900 bits per heavy atom. The zero-order valence-electron chi connectivity index (χ0n) is 18.4. The maximum absolute atomic E-state index is 12.2. The summed E-state index contributed by atoms with van der Waals surface area (Å²) in [5, 5.41) is 3.01. The molecule has 0 unspecified atom stereocenters. The average molecular weight is 406 g/mol. The molecule has 4 nitrogen and oxygen atoms in total. The molecule has 0 aromatic heterocycles. The van der Waals surface area contributed by atoms with E-state index in [1.165, 1.54) is 24.2 Å². The van der Waals surface area contributed by atoms with Gasteiger partial charge in [0.2, 0.25) is 5.91 Å². The van der Waals surface area contributed by atoms with Crippen molar-refractivity contribution in [3.8, 4) is 0 Å². The zero-order valence-corrected chi connectivity index (χ0v) is 18.4. The summed E-state index contributed by atoms with van der Waals surface area (Å²) in [4.78, 5) is 17.2. The molecule has 2 aromatic rings. The lowest BCUT2D eigenvalue weighted by molar-refractivity contribution is -0.116. The van der Waals surface area contributed by atoms with Crippen LogP contribution in [0.3, 0.4) is 0 Å². The Labute approximate surface area is 181 Å². The molecule has 160 valence electrons. The zero-order chi connectivity index (χ0) is 21.2. The van der Waals surface area contributed by atoms with Crippen LogP contribution in [0.25, 0.3) is 0 Å². The summed E-state index contributed by atoms with van der Waals surface area (Å²) < 4.78 is 0. The maximum Gasteiger partial charge on any atom is 0.244 e. The van der Waals surface area contributed by atoms with Crippen molar-refractivity contribution in [2.45, 2.75) is 39.8 Å². The highest BCUT2D eigenvalue weighted by Gasteiger charge is 2.15. The number of aryl methyl sites for hydroxylation is 1. The number of benzene rings is 2. The molecule has 1 fully saturated rings. The topological polar surface area (TPSA) is 35.6 Å². The van der Waals surface area contributed by atoms with Crippen LogP contribution in [0.1, 0.15) is 37.0 Å². The van der Waals surface area contributed by atoms with Gasteiger partial charge in [-0.2, -0.15) is 0 Å². The highest BCUT2D eigenvalue weighted by molar-refractivity contribution is 5.88. The standard InChI is InChI=1S/C26H35N3O/c1-3-28-15-17-29(18-16-28)21-25-13-11-24(12-14-25)20-27-26(30)19-22(2)9-10-23-7-5-4-6-8-23/h4-8,11-14,19H,3,9-10,15-18,20-21H2,1-2H3,(H,27,30)/b22-19-. The number of carbonyl (C=O) groups is 1. The molecule has 2 aromatic carbocycles. The van der Waals surface area contributed by atoms with Crippen molar-refractivity contribution in [1.29, 1.82) is 0 Å². The number of carbonyl (C=O) groups excluding carboxylic acids is 1. The highest BCUT2D eigenvalue weighted by atomic mass is 16.1. The summed E-state index contributed by atoms with van der Waals surface area (Å²) >= 11 is 0. The minimum absolute atomic E-state index is 0.0153. The maximum atomic E-state index is 12.2. The van der Waals surface area contributed by atoms with E-state index >= 15 is 0 Å². The second-order valence-electron chi connectivity index (χ2n) is 8.22. The first kappa shape index (κ1) is 22.3. The van der Waals surface area contributed by atoms with Gasteiger partial charge in [0.05, 0.1) is 0 Å². The van der Waals surface area contributed by atoms with Crippen LogP contribution in [0.15, 0.2) is 66.2 Å². The van der Waals surface area contributed by atoms with Gasteiger partial charge in [-0.1, -0.05) is 67.1 Å². The van der Waals surface area contributed by atoms with Crippen molar-refractivity contribution >= 4 is 5.91 Å². The Morgan fingerprint density at radius 3 is 2.20 bits per heavy atom. The summed E-state index contributed by atoms with van der Waals surface area (Å²) in [5.74, 6) is -0.0153. The van der Waals surface area contributed by atoms with Crippen molar-refractivity contribution in [2.24, 2.45) is 0 Å². The molecule has 30 heavy (non-hydrogen) atoms. The number of nitrogens with zero attached hydrogens (tertiary/aromatic N) is 2. The number of amides is 1. The molecule has 1 heterocycles. The second-order valence-corrected chi connectivity index (χ2v) is 8.22. The van der Waals surface area contributed by atoms with Gasteiger partial charge in [0.1, 0.15) is 0 Å². The van der Waals surface area contributed by atoms with Gasteiger partial charge in [-0.15, -0.1) is 0 Å². The number of likely N-dealkylation sites (N-methyl/N-ethyl adjacent to an activating group) is 1. The Hall–Kier alpha value is -2.43. The predicted octanol–water partition coefficient (Wildman–Crippen LogP) is 4.02. The molecule has 0 spiro atoms. The third-order valence-corrected chi connectivity index (χ3v) is 5.84. The second kappa shape index (κ2) is 11.7. The summed E-state index contributed by atoms with van der Waals surface area (Å²) in [6, 6.07) is 19.0. The summed E-state index contributed by atoms with van der Waals surface area (Å²) in [6.07, 6.45) is 3.59. The lowest BCUT2D eigenvalue weighted by Crippen LogP contribution is -2.45. The molecular weight excluding hydrogens is 370 g/mol. The molecule has 1 N–H and O–H groups in total. The average Bonchev–Trinajstić information content (AvgIpc) is 2.78. The van der Waals surface area contributed by atoms with Crippen LogP contribution in [0, 0.1) is 0 Å². The van der Waals surface area contributed by atoms with E-state index in [-0.39, 0.29) is 5.91 Å². The van der Waals surface area contributed by atoms with Crippen LogP contribution in [0.2, 0.25) is 0 Å². The fourth-order valence-corrected chi connectivity index (χ4v) is 3.81. The summed E-state index contributed by atoms with van der Waals surface area (Å²) in [6.45, 7) is 11.6. The molecule has 0 saturated carbocycles. The van der Waals surface area contributed by atoms with Gasteiger partial charge in [-0.3, -0.25) is 9.69 Å². The molecule has 1 aliphatic heterocycles. The largest absolute Gasteiger partial charge is 0.348 e. The Morgan fingerprint density at radius 2 is 1.53 bits per heavy atom. The molecule has 4 heteroatoms. The van der Waals surface area contributed by atoms with Crippen molar-refractivity contribution in [2.75, 3.05) is 32.7 Å². The van der Waals surface area contributed by atoms with Crippen LogP contribution in [0.4, 0.5) is 0 Å². The molecule has 1 aliphatic rings. The molecule has 0 bridgehead atoms. The molecule has 1 amide bonds. The minimum Gasteiger partial charge on any atom is -0.348 e. The minimum atomic E-state index is -0.0153. The molecular formula is C26H35N3O. The number of piperazine rings is 1. The lowest BCUT2D eigenvalue weighted by atomic mass is 10.1. The third-order valence-electron chi connectivity index (χ3n) is 5.84. The van der Waals surface area contributed by atoms with Crippen molar-refractivity contribution in [3.05, 3.63) is 82.9 Å².